The Morgan fingerprint density at radius 2 is 2.19 bits per heavy atom. The molecule has 1 aliphatic heterocycles. The van der Waals surface area contributed by atoms with E-state index in [1.54, 1.807) is 23.2 Å². The summed E-state index contributed by atoms with van der Waals surface area (Å²) in [6.45, 7) is 5.05. The Kier molecular flexibility index (Phi) is 3.69. The molecule has 4 nitrogen and oxygen atoms in total. The molecule has 2 heterocycles. The van der Waals surface area contributed by atoms with Crippen molar-refractivity contribution in [3.8, 4) is 0 Å². The van der Waals surface area contributed by atoms with Gasteiger partial charge in [0.25, 0.3) is 5.91 Å². The lowest BCUT2D eigenvalue weighted by Crippen LogP contribution is -2.29. The largest absolute Gasteiger partial charge is 0.380 e. The zero-order valence-electron chi connectivity index (χ0n) is 11.7. The van der Waals surface area contributed by atoms with Crippen LogP contribution in [0.2, 0.25) is 0 Å². The minimum Gasteiger partial charge on any atom is -0.380 e. The van der Waals surface area contributed by atoms with E-state index in [-0.39, 0.29) is 5.91 Å². The molecule has 3 rings (SSSR count). The highest BCUT2D eigenvalue weighted by Gasteiger charge is 2.25. The van der Waals surface area contributed by atoms with Gasteiger partial charge in [0.15, 0.2) is 0 Å². The van der Waals surface area contributed by atoms with Gasteiger partial charge in [0.2, 0.25) is 0 Å². The lowest BCUT2D eigenvalue weighted by Gasteiger charge is -2.16. The number of anilines is 2. The Labute approximate surface area is 124 Å². The van der Waals surface area contributed by atoms with Gasteiger partial charge in [0, 0.05) is 18.8 Å². The molecule has 0 aliphatic carbocycles. The van der Waals surface area contributed by atoms with Gasteiger partial charge in [0.05, 0.1) is 11.9 Å². The third-order valence-corrected chi connectivity index (χ3v) is 3.57. The third-order valence-electron chi connectivity index (χ3n) is 3.57. The number of nitrogens with zero attached hydrogens (tertiary/aromatic N) is 2. The number of nitrogens with one attached hydrogen (secondary N) is 1. The second kappa shape index (κ2) is 5.79. The van der Waals surface area contributed by atoms with Gasteiger partial charge in [-0.15, -0.1) is 6.58 Å². The highest BCUT2D eigenvalue weighted by molar-refractivity contribution is 6.06. The number of fused-ring (bicyclic) bond motifs is 1. The monoisotopic (exact) mass is 279 g/mol. The maximum absolute atomic E-state index is 12.6. The van der Waals surface area contributed by atoms with E-state index in [0.717, 1.165) is 24.3 Å². The predicted molar refractivity (Wildman–Crippen MR) is 84.7 cm³/mol. The van der Waals surface area contributed by atoms with Crippen LogP contribution < -0.4 is 10.2 Å². The van der Waals surface area contributed by atoms with Crippen LogP contribution in [0.5, 0.6) is 0 Å². The number of hydrogen-bond donors (Lipinski definition) is 1. The molecule has 0 radical (unpaired) electrons. The molecule has 1 aromatic carbocycles. The van der Waals surface area contributed by atoms with Crippen molar-refractivity contribution in [1.82, 2.24) is 4.98 Å². The molecule has 1 aromatic heterocycles. The van der Waals surface area contributed by atoms with Crippen molar-refractivity contribution in [1.29, 1.82) is 0 Å². The van der Waals surface area contributed by atoms with Crippen LogP contribution in [0.15, 0.2) is 55.3 Å². The second-order valence-corrected chi connectivity index (χ2v) is 4.94. The van der Waals surface area contributed by atoms with Gasteiger partial charge in [-0.25, -0.2) is 4.98 Å². The number of rotatable bonds is 4. The SMILES string of the molecule is C=CCNc1ccc(C(=O)N2CCc3ccccc32)nc1. The maximum atomic E-state index is 12.6. The van der Waals surface area contributed by atoms with Crippen molar-refractivity contribution in [2.75, 3.05) is 23.3 Å². The van der Waals surface area contributed by atoms with Crippen LogP contribution in [0.25, 0.3) is 0 Å². The van der Waals surface area contributed by atoms with Crippen molar-refractivity contribution in [2.45, 2.75) is 6.42 Å². The quantitative estimate of drug-likeness (QED) is 0.875. The summed E-state index contributed by atoms with van der Waals surface area (Å²) in [5, 5.41) is 3.14. The van der Waals surface area contributed by atoms with Crippen LogP contribution in [0.3, 0.4) is 0 Å². The van der Waals surface area contributed by atoms with Gasteiger partial charge in [-0.3, -0.25) is 4.79 Å². The van der Waals surface area contributed by atoms with Crippen LogP contribution >= 0.6 is 0 Å². The standard InChI is InChI=1S/C17H17N3O/c1-2-10-18-14-7-8-15(19-12-14)17(21)20-11-9-13-5-3-4-6-16(13)20/h2-8,12,18H,1,9-11H2. The number of amides is 1. The fourth-order valence-corrected chi connectivity index (χ4v) is 2.50. The van der Waals surface area contributed by atoms with Gasteiger partial charge in [0.1, 0.15) is 5.69 Å². The number of carbonyl (C=O) groups excluding carboxylic acids is 1. The first-order chi connectivity index (χ1) is 10.3. The predicted octanol–water partition coefficient (Wildman–Crippen LogP) is 2.88. The Morgan fingerprint density at radius 1 is 1.33 bits per heavy atom. The molecule has 0 fully saturated rings. The number of aromatic nitrogens is 1. The Balaban J connectivity index is 1.78. The molecule has 1 amide bonds. The van der Waals surface area contributed by atoms with Crippen LogP contribution in [0, 0.1) is 0 Å². The van der Waals surface area contributed by atoms with Crippen LogP contribution in [0.4, 0.5) is 11.4 Å². The van der Waals surface area contributed by atoms with E-state index >= 15 is 0 Å². The third kappa shape index (κ3) is 2.65. The minimum absolute atomic E-state index is 0.0461. The molecule has 4 heteroatoms. The Hall–Kier alpha value is -2.62. The van der Waals surface area contributed by atoms with Crippen molar-refractivity contribution in [3.63, 3.8) is 0 Å². The summed E-state index contributed by atoms with van der Waals surface area (Å²) >= 11 is 0. The average Bonchev–Trinajstić information content (AvgIpc) is 2.97. The van der Waals surface area contributed by atoms with Crippen LogP contribution in [-0.2, 0) is 6.42 Å². The van der Waals surface area contributed by atoms with Crippen molar-refractivity contribution >= 4 is 17.3 Å². The number of para-hydroxylation sites is 1. The maximum Gasteiger partial charge on any atom is 0.276 e. The zero-order chi connectivity index (χ0) is 14.7. The molecule has 0 spiro atoms. The van der Waals surface area contributed by atoms with E-state index in [0.29, 0.717) is 12.2 Å². The van der Waals surface area contributed by atoms with E-state index in [2.05, 4.69) is 22.9 Å². The van der Waals surface area contributed by atoms with Gasteiger partial charge < -0.3 is 10.2 Å². The summed E-state index contributed by atoms with van der Waals surface area (Å²) in [6.07, 6.45) is 4.36. The van der Waals surface area contributed by atoms with E-state index in [9.17, 15) is 4.79 Å². The molecule has 2 aromatic rings. The summed E-state index contributed by atoms with van der Waals surface area (Å²) in [7, 11) is 0. The summed E-state index contributed by atoms with van der Waals surface area (Å²) in [5.41, 5.74) is 3.57. The minimum atomic E-state index is -0.0461. The smallest absolute Gasteiger partial charge is 0.276 e. The summed E-state index contributed by atoms with van der Waals surface area (Å²) in [6, 6.07) is 11.6. The lowest BCUT2D eigenvalue weighted by atomic mass is 10.2. The van der Waals surface area contributed by atoms with Gasteiger partial charge >= 0.3 is 0 Å². The zero-order valence-corrected chi connectivity index (χ0v) is 11.7. The number of pyridine rings is 1. The van der Waals surface area contributed by atoms with E-state index < -0.39 is 0 Å². The van der Waals surface area contributed by atoms with Crippen LogP contribution in [-0.4, -0.2) is 24.0 Å². The topological polar surface area (TPSA) is 45.2 Å². The molecule has 0 saturated carbocycles. The van der Waals surface area contributed by atoms with Gasteiger partial charge in [-0.1, -0.05) is 24.3 Å². The van der Waals surface area contributed by atoms with E-state index in [1.165, 1.54) is 5.56 Å². The van der Waals surface area contributed by atoms with Crippen LogP contribution in [0.1, 0.15) is 16.1 Å². The van der Waals surface area contributed by atoms with E-state index in [1.807, 2.05) is 24.3 Å². The summed E-state index contributed by atoms with van der Waals surface area (Å²) in [5.74, 6) is -0.0461. The molecule has 0 saturated heterocycles. The molecular weight excluding hydrogens is 262 g/mol. The normalized spacial score (nSPS) is 12.9. The fraction of sp³-hybridized carbons (Fsp3) is 0.176. The molecule has 21 heavy (non-hydrogen) atoms. The molecule has 1 aliphatic rings. The highest BCUT2D eigenvalue weighted by atomic mass is 16.2. The first kappa shape index (κ1) is 13.4. The Morgan fingerprint density at radius 3 is 2.95 bits per heavy atom. The van der Waals surface area contributed by atoms with Gasteiger partial charge in [-0.05, 0) is 30.2 Å². The lowest BCUT2D eigenvalue weighted by molar-refractivity contribution is 0.0984. The highest BCUT2D eigenvalue weighted by Crippen LogP contribution is 2.28. The molecule has 0 bridgehead atoms. The van der Waals surface area contributed by atoms with Crippen molar-refractivity contribution < 1.29 is 4.79 Å². The Bertz CT molecular complexity index is 664. The molecular formula is C17H17N3O. The number of carbonyl (C=O) groups is 1. The first-order valence-corrected chi connectivity index (χ1v) is 7.00. The summed E-state index contributed by atoms with van der Waals surface area (Å²) < 4.78 is 0. The average molecular weight is 279 g/mol. The molecule has 1 N–H and O–H groups in total. The number of hydrogen-bond acceptors (Lipinski definition) is 3. The first-order valence-electron chi connectivity index (χ1n) is 7.00. The fourth-order valence-electron chi connectivity index (χ4n) is 2.50. The van der Waals surface area contributed by atoms with E-state index in [4.69, 9.17) is 0 Å². The molecule has 106 valence electrons. The molecule has 0 unspecified atom stereocenters. The summed E-state index contributed by atoms with van der Waals surface area (Å²) in [4.78, 5) is 18.6. The van der Waals surface area contributed by atoms with Gasteiger partial charge in [-0.2, -0.15) is 0 Å². The number of benzene rings is 1. The van der Waals surface area contributed by atoms with Crippen molar-refractivity contribution in [2.24, 2.45) is 0 Å². The second-order valence-electron chi connectivity index (χ2n) is 4.94. The van der Waals surface area contributed by atoms with Crippen molar-refractivity contribution in [3.05, 3.63) is 66.5 Å². The molecule has 0 atom stereocenters.